The van der Waals surface area contributed by atoms with E-state index in [0.717, 1.165) is 12.0 Å². The van der Waals surface area contributed by atoms with E-state index in [4.69, 9.17) is 11.6 Å². The molecule has 1 aromatic carbocycles. The van der Waals surface area contributed by atoms with Crippen LogP contribution in [-0.2, 0) is 11.3 Å². The maximum atomic E-state index is 12.9. The molecular weight excluding hydrogens is 255 g/mol. The van der Waals surface area contributed by atoms with Gasteiger partial charge in [0.2, 0.25) is 5.91 Å². The molecule has 0 aliphatic carbocycles. The molecule has 1 rings (SSSR count). The Morgan fingerprint density at radius 1 is 1.50 bits per heavy atom. The standard InChI is InChI=1S/C13H18ClFN2O/c1-3-9(2)16-8-13(18)17-7-10-4-5-12(15)11(14)6-10/h4-6,9,16H,3,7-8H2,1-2H3,(H,17,18). The van der Waals surface area contributed by atoms with Gasteiger partial charge in [-0.05, 0) is 31.0 Å². The number of rotatable bonds is 6. The summed E-state index contributed by atoms with van der Waals surface area (Å²) in [5, 5.41) is 5.90. The molecule has 1 amide bonds. The monoisotopic (exact) mass is 272 g/mol. The second kappa shape index (κ2) is 7.34. The number of benzene rings is 1. The third-order valence-corrected chi connectivity index (χ3v) is 2.99. The summed E-state index contributed by atoms with van der Waals surface area (Å²) < 4.78 is 12.9. The molecule has 0 fully saturated rings. The van der Waals surface area contributed by atoms with Gasteiger partial charge in [0.25, 0.3) is 0 Å². The summed E-state index contributed by atoms with van der Waals surface area (Å²) in [6.45, 7) is 4.70. The lowest BCUT2D eigenvalue weighted by atomic mass is 10.2. The Morgan fingerprint density at radius 2 is 2.22 bits per heavy atom. The highest BCUT2D eigenvalue weighted by Crippen LogP contribution is 2.15. The van der Waals surface area contributed by atoms with Crippen LogP contribution in [0.25, 0.3) is 0 Å². The minimum atomic E-state index is -0.454. The van der Waals surface area contributed by atoms with E-state index in [1.54, 1.807) is 6.07 Å². The average Bonchev–Trinajstić information content (AvgIpc) is 2.37. The van der Waals surface area contributed by atoms with Gasteiger partial charge < -0.3 is 10.6 Å². The predicted octanol–water partition coefficient (Wildman–Crippen LogP) is 2.48. The Kier molecular flexibility index (Phi) is 6.09. The Labute approximate surface area is 112 Å². The van der Waals surface area contributed by atoms with Gasteiger partial charge >= 0.3 is 0 Å². The first-order valence-electron chi connectivity index (χ1n) is 5.97. The van der Waals surface area contributed by atoms with Crippen molar-refractivity contribution in [2.45, 2.75) is 32.9 Å². The first-order valence-corrected chi connectivity index (χ1v) is 6.34. The molecule has 0 aliphatic heterocycles. The summed E-state index contributed by atoms with van der Waals surface area (Å²) in [4.78, 5) is 11.5. The second-order valence-corrected chi connectivity index (χ2v) is 4.62. The molecule has 0 heterocycles. The number of halogens is 2. The van der Waals surface area contributed by atoms with Crippen LogP contribution in [0.4, 0.5) is 4.39 Å². The van der Waals surface area contributed by atoms with Gasteiger partial charge in [0.05, 0.1) is 11.6 Å². The van der Waals surface area contributed by atoms with Crippen LogP contribution >= 0.6 is 11.6 Å². The number of carbonyl (C=O) groups is 1. The molecule has 0 radical (unpaired) electrons. The van der Waals surface area contributed by atoms with Crippen LogP contribution in [0, 0.1) is 5.82 Å². The zero-order chi connectivity index (χ0) is 13.5. The molecule has 1 unspecified atom stereocenters. The highest BCUT2D eigenvalue weighted by atomic mass is 35.5. The minimum Gasteiger partial charge on any atom is -0.351 e. The zero-order valence-electron chi connectivity index (χ0n) is 10.6. The molecule has 3 nitrogen and oxygen atoms in total. The first-order chi connectivity index (χ1) is 8.52. The van der Waals surface area contributed by atoms with Crippen LogP contribution in [-0.4, -0.2) is 18.5 Å². The van der Waals surface area contributed by atoms with E-state index in [-0.39, 0.29) is 17.5 Å². The second-order valence-electron chi connectivity index (χ2n) is 4.22. The summed E-state index contributed by atoms with van der Waals surface area (Å²) >= 11 is 5.65. The normalized spacial score (nSPS) is 12.2. The van der Waals surface area contributed by atoms with E-state index in [9.17, 15) is 9.18 Å². The molecule has 0 saturated carbocycles. The smallest absolute Gasteiger partial charge is 0.234 e. The maximum Gasteiger partial charge on any atom is 0.234 e. The van der Waals surface area contributed by atoms with E-state index in [2.05, 4.69) is 17.6 Å². The fourth-order valence-electron chi connectivity index (χ4n) is 1.32. The maximum absolute atomic E-state index is 12.9. The Bertz CT molecular complexity index is 412. The number of hydrogen-bond donors (Lipinski definition) is 2. The van der Waals surface area contributed by atoms with Gasteiger partial charge in [-0.25, -0.2) is 4.39 Å². The van der Waals surface area contributed by atoms with Gasteiger partial charge in [-0.2, -0.15) is 0 Å². The molecule has 1 aromatic rings. The van der Waals surface area contributed by atoms with E-state index >= 15 is 0 Å². The lowest BCUT2D eigenvalue weighted by Crippen LogP contribution is -2.37. The summed E-state index contributed by atoms with van der Waals surface area (Å²) in [5.74, 6) is -0.541. The van der Waals surface area contributed by atoms with Crippen molar-refractivity contribution < 1.29 is 9.18 Å². The van der Waals surface area contributed by atoms with Gasteiger partial charge in [0.15, 0.2) is 0 Å². The first kappa shape index (κ1) is 14.9. The highest BCUT2D eigenvalue weighted by molar-refractivity contribution is 6.30. The summed E-state index contributed by atoms with van der Waals surface area (Å²) in [5.41, 5.74) is 0.776. The quantitative estimate of drug-likeness (QED) is 0.835. The largest absolute Gasteiger partial charge is 0.351 e. The average molecular weight is 273 g/mol. The molecule has 0 spiro atoms. The van der Waals surface area contributed by atoms with E-state index in [0.29, 0.717) is 12.6 Å². The zero-order valence-corrected chi connectivity index (χ0v) is 11.4. The van der Waals surface area contributed by atoms with Crippen LogP contribution in [0.5, 0.6) is 0 Å². The highest BCUT2D eigenvalue weighted by Gasteiger charge is 2.05. The third-order valence-electron chi connectivity index (χ3n) is 2.70. The van der Waals surface area contributed by atoms with E-state index < -0.39 is 5.82 Å². The number of amides is 1. The van der Waals surface area contributed by atoms with Gasteiger partial charge in [-0.15, -0.1) is 0 Å². The minimum absolute atomic E-state index is 0.0690. The molecule has 2 N–H and O–H groups in total. The van der Waals surface area contributed by atoms with Crippen LogP contribution in [0.1, 0.15) is 25.8 Å². The molecule has 0 saturated heterocycles. The van der Waals surface area contributed by atoms with Crippen molar-refractivity contribution in [2.24, 2.45) is 0 Å². The van der Waals surface area contributed by atoms with E-state index in [1.165, 1.54) is 12.1 Å². The molecule has 0 bridgehead atoms. The van der Waals surface area contributed by atoms with Crippen molar-refractivity contribution in [1.82, 2.24) is 10.6 Å². The number of carbonyl (C=O) groups excluding carboxylic acids is 1. The van der Waals surface area contributed by atoms with Crippen LogP contribution in [0.15, 0.2) is 18.2 Å². The van der Waals surface area contributed by atoms with Gasteiger partial charge in [-0.3, -0.25) is 4.79 Å². The predicted molar refractivity (Wildman–Crippen MR) is 71.0 cm³/mol. The lowest BCUT2D eigenvalue weighted by Gasteiger charge is -2.11. The molecular formula is C13H18ClFN2O. The summed E-state index contributed by atoms with van der Waals surface area (Å²) in [6.07, 6.45) is 0.973. The molecule has 0 aliphatic rings. The van der Waals surface area contributed by atoms with Gasteiger partial charge in [0.1, 0.15) is 5.82 Å². The van der Waals surface area contributed by atoms with Crippen molar-refractivity contribution in [2.75, 3.05) is 6.54 Å². The van der Waals surface area contributed by atoms with Crippen molar-refractivity contribution in [3.8, 4) is 0 Å². The fourth-order valence-corrected chi connectivity index (χ4v) is 1.53. The third kappa shape index (κ3) is 5.02. The van der Waals surface area contributed by atoms with Crippen molar-refractivity contribution in [1.29, 1.82) is 0 Å². The summed E-state index contributed by atoms with van der Waals surface area (Å²) in [7, 11) is 0. The van der Waals surface area contributed by atoms with Gasteiger partial charge in [-0.1, -0.05) is 24.6 Å². The van der Waals surface area contributed by atoms with E-state index in [1.807, 2.05) is 6.92 Å². The SMILES string of the molecule is CCC(C)NCC(=O)NCc1ccc(F)c(Cl)c1. The van der Waals surface area contributed by atoms with Crippen LogP contribution in [0.2, 0.25) is 5.02 Å². The van der Waals surface area contributed by atoms with Crippen molar-refractivity contribution >= 4 is 17.5 Å². The van der Waals surface area contributed by atoms with Crippen LogP contribution in [0.3, 0.4) is 0 Å². The Hall–Kier alpha value is -1.13. The van der Waals surface area contributed by atoms with Gasteiger partial charge in [0, 0.05) is 12.6 Å². The molecule has 1 atom stereocenters. The number of hydrogen-bond acceptors (Lipinski definition) is 2. The summed E-state index contributed by atoms with van der Waals surface area (Å²) in [6, 6.07) is 4.72. The molecule has 100 valence electrons. The Balaban J connectivity index is 2.36. The van der Waals surface area contributed by atoms with Crippen LogP contribution < -0.4 is 10.6 Å². The van der Waals surface area contributed by atoms with Crippen molar-refractivity contribution in [3.63, 3.8) is 0 Å². The molecule has 18 heavy (non-hydrogen) atoms. The lowest BCUT2D eigenvalue weighted by molar-refractivity contribution is -0.120. The molecule has 0 aromatic heterocycles. The molecule has 5 heteroatoms. The van der Waals surface area contributed by atoms with Crippen molar-refractivity contribution in [3.05, 3.63) is 34.6 Å². The Morgan fingerprint density at radius 3 is 2.83 bits per heavy atom. The number of nitrogens with one attached hydrogen (secondary N) is 2. The fraction of sp³-hybridized carbons (Fsp3) is 0.462. The topological polar surface area (TPSA) is 41.1 Å².